The van der Waals surface area contributed by atoms with E-state index < -0.39 is 12.0 Å². The summed E-state index contributed by atoms with van der Waals surface area (Å²) in [7, 11) is 1.84. The Morgan fingerprint density at radius 2 is 2.31 bits per heavy atom. The van der Waals surface area contributed by atoms with Gasteiger partial charge in [-0.1, -0.05) is 6.42 Å². The topological polar surface area (TPSA) is 66.6 Å². The fraction of sp³-hybridized carbons (Fsp3) is 0.889. The third-order valence-corrected chi connectivity index (χ3v) is 2.81. The molecule has 0 radical (unpaired) electrons. The molecule has 0 bridgehead atoms. The summed E-state index contributed by atoms with van der Waals surface area (Å²) in [6, 6.07) is -0.513. The second-order valence-electron chi connectivity index (χ2n) is 3.83. The normalized spacial score (nSPS) is 19.9. The van der Waals surface area contributed by atoms with Crippen LogP contribution in [-0.2, 0) is 4.79 Å². The SMILES string of the molecule is CN(CC1CCC1)C(CN)C(=O)O. The Morgan fingerprint density at radius 3 is 2.62 bits per heavy atom. The van der Waals surface area contributed by atoms with Gasteiger partial charge in [0.25, 0.3) is 0 Å². The number of hydrogen-bond donors (Lipinski definition) is 2. The summed E-state index contributed by atoms with van der Waals surface area (Å²) in [6.07, 6.45) is 3.77. The van der Waals surface area contributed by atoms with Crippen LogP contribution in [0.4, 0.5) is 0 Å². The van der Waals surface area contributed by atoms with Gasteiger partial charge in [-0.2, -0.15) is 0 Å². The highest BCUT2D eigenvalue weighted by atomic mass is 16.4. The van der Waals surface area contributed by atoms with E-state index in [0.29, 0.717) is 5.92 Å². The van der Waals surface area contributed by atoms with Crippen molar-refractivity contribution in [3.05, 3.63) is 0 Å². The van der Waals surface area contributed by atoms with Crippen molar-refractivity contribution >= 4 is 5.97 Å². The van der Waals surface area contributed by atoms with Crippen molar-refractivity contribution in [3.8, 4) is 0 Å². The number of nitrogens with two attached hydrogens (primary N) is 1. The summed E-state index contributed by atoms with van der Waals surface area (Å²) < 4.78 is 0. The first-order valence-corrected chi connectivity index (χ1v) is 4.78. The maximum absolute atomic E-state index is 10.7. The van der Waals surface area contributed by atoms with Crippen molar-refractivity contribution in [1.29, 1.82) is 0 Å². The molecule has 0 heterocycles. The number of likely N-dealkylation sites (N-methyl/N-ethyl adjacent to an activating group) is 1. The lowest BCUT2D eigenvalue weighted by molar-refractivity contribution is -0.142. The molecule has 1 aliphatic rings. The van der Waals surface area contributed by atoms with Gasteiger partial charge in [-0.3, -0.25) is 9.69 Å². The molecule has 76 valence electrons. The van der Waals surface area contributed by atoms with Crippen molar-refractivity contribution in [2.75, 3.05) is 20.1 Å². The second kappa shape index (κ2) is 4.58. The maximum Gasteiger partial charge on any atom is 0.322 e. The summed E-state index contributed by atoms with van der Waals surface area (Å²) in [5.41, 5.74) is 5.39. The summed E-state index contributed by atoms with van der Waals surface area (Å²) in [6.45, 7) is 1.06. The zero-order chi connectivity index (χ0) is 9.84. The fourth-order valence-corrected chi connectivity index (χ4v) is 1.68. The monoisotopic (exact) mass is 186 g/mol. The van der Waals surface area contributed by atoms with E-state index >= 15 is 0 Å². The molecule has 1 aliphatic carbocycles. The number of carboxylic acid groups (broad SMARTS) is 1. The van der Waals surface area contributed by atoms with E-state index in [9.17, 15) is 4.79 Å². The molecule has 0 aromatic heterocycles. The molecule has 0 spiro atoms. The Bertz CT molecular complexity index is 180. The van der Waals surface area contributed by atoms with Gasteiger partial charge in [-0.25, -0.2) is 0 Å². The van der Waals surface area contributed by atoms with E-state index in [2.05, 4.69) is 0 Å². The largest absolute Gasteiger partial charge is 0.480 e. The van der Waals surface area contributed by atoms with Crippen molar-refractivity contribution < 1.29 is 9.90 Å². The molecule has 1 rings (SSSR count). The Hall–Kier alpha value is -0.610. The highest BCUT2D eigenvalue weighted by Crippen LogP contribution is 2.27. The van der Waals surface area contributed by atoms with E-state index in [4.69, 9.17) is 10.8 Å². The summed E-state index contributed by atoms with van der Waals surface area (Å²) >= 11 is 0. The molecule has 4 nitrogen and oxygen atoms in total. The number of rotatable bonds is 5. The van der Waals surface area contributed by atoms with E-state index in [-0.39, 0.29) is 6.54 Å². The van der Waals surface area contributed by atoms with Crippen molar-refractivity contribution in [2.24, 2.45) is 11.7 Å². The molecule has 1 saturated carbocycles. The van der Waals surface area contributed by atoms with Gasteiger partial charge >= 0.3 is 5.97 Å². The predicted molar refractivity (Wildman–Crippen MR) is 50.4 cm³/mol. The van der Waals surface area contributed by atoms with Crippen LogP contribution in [-0.4, -0.2) is 42.2 Å². The zero-order valence-corrected chi connectivity index (χ0v) is 8.07. The Kier molecular flexibility index (Phi) is 3.69. The number of aliphatic carboxylic acids is 1. The maximum atomic E-state index is 10.7. The first kappa shape index (κ1) is 10.5. The zero-order valence-electron chi connectivity index (χ0n) is 8.07. The van der Waals surface area contributed by atoms with Gasteiger partial charge in [0.1, 0.15) is 6.04 Å². The third kappa shape index (κ3) is 2.67. The third-order valence-electron chi connectivity index (χ3n) is 2.81. The van der Waals surface area contributed by atoms with E-state index in [1.807, 2.05) is 11.9 Å². The van der Waals surface area contributed by atoms with Crippen molar-refractivity contribution in [2.45, 2.75) is 25.3 Å². The van der Waals surface area contributed by atoms with Crippen molar-refractivity contribution in [3.63, 3.8) is 0 Å². The molecule has 0 aromatic carbocycles. The van der Waals surface area contributed by atoms with Crippen LogP contribution in [0.2, 0.25) is 0 Å². The summed E-state index contributed by atoms with van der Waals surface area (Å²) in [4.78, 5) is 12.6. The molecule has 0 saturated heterocycles. The number of carbonyl (C=O) groups is 1. The number of nitrogens with zero attached hydrogens (tertiary/aromatic N) is 1. The van der Waals surface area contributed by atoms with Crippen LogP contribution >= 0.6 is 0 Å². The summed E-state index contributed by atoms with van der Waals surface area (Å²) in [5.74, 6) is -0.122. The highest BCUT2D eigenvalue weighted by Gasteiger charge is 2.25. The quantitative estimate of drug-likeness (QED) is 0.640. The minimum atomic E-state index is -0.815. The molecular weight excluding hydrogens is 168 g/mol. The van der Waals surface area contributed by atoms with Gasteiger partial charge < -0.3 is 10.8 Å². The Labute approximate surface area is 78.7 Å². The van der Waals surface area contributed by atoms with Gasteiger partial charge in [-0.15, -0.1) is 0 Å². The standard InChI is InChI=1S/C9H18N2O2/c1-11(6-7-3-2-4-7)8(5-10)9(12)13/h7-8H,2-6,10H2,1H3,(H,12,13). The van der Waals surface area contributed by atoms with Gasteiger partial charge in [0, 0.05) is 13.1 Å². The van der Waals surface area contributed by atoms with Crippen LogP contribution in [0, 0.1) is 5.92 Å². The second-order valence-corrected chi connectivity index (χ2v) is 3.83. The van der Waals surface area contributed by atoms with Gasteiger partial charge in [-0.05, 0) is 25.8 Å². The molecule has 1 fully saturated rings. The van der Waals surface area contributed by atoms with Crippen LogP contribution in [0.15, 0.2) is 0 Å². The van der Waals surface area contributed by atoms with E-state index in [0.717, 1.165) is 6.54 Å². The van der Waals surface area contributed by atoms with Crippen LogP contribution in [0.5, 0.6) is 0 Å². The van der Waals surface area contributed by atoms with Gasteiger partial charge in [0.15, 0.2) is 0 Å². The molecule has 0 amide bonds. The van der Waals surface area contributed by atoms with Crippen molar-refractivity contribution in [1.82, 2.24) is 4.90 Å². The molecule has 0 aliphatic heterocycles. The highest BCUT2D eigenvalue weighted by molar-refractivity contribution is 5.73. The van der Waals surface area contributed by atoms with E-state index in [1.165, 1.54) is 19.3 Å². The molecule has 3 N–H and O–H groups in total. The lowest BCUT2D eigenvalue weighted by atomic mass is 9.85. The molecule has 4 heteroatoms. The average molecular weight is 186 g/mol. The minimum absolute atomic E-state index is 0.193. The van der Waals surface area contributed by atoms with Crippen LogP contribution in [0.1, 0.15) is 19.3 Å². The van der Waals surface area contributed by atoms with Crippen LogP contribution in [0.25, 0.3) is 0 Å². The molecule has 0 aromatic rings. The number of carboxylic acids is 1. The van der Waals surface area contributed by atoms with E-state index in [1.54, 1.807) is 0 Å². The lowest BCUT2D eigenvalue weighted by Crippen LogP contribution is -2.46. The molecule has 13 heavy (non-hydrogen) atoms. The predicted octanol–water partition coefficient (Wildman–Crippen LogP) is 0.130. The first-order chi connectivity index (χ1) is 6.15. The van der Waals surface area contributed by atoms with Gasteiger partial charge in [0.05, 0.1) is 0 Å². The average Bonchev–Trinajstić information content (AvgIpc) is 1.97. The Balaban J connectivity index is 2.33. The fourth-order valence-electron chi connectivity index (χ4n) is 1.68. The molecule has 1 unspecified atom stereocenters. The van der Waals surface area contributed by atoms with Gasteiger partial charge in [0.2, 0.25) is 0 Å². The summed E-state index contributed by atoms with van der Waals surface area (Å²) in [5, 5.41) is 8.83. The Morgan fingerprint density at radius 1 is 1.69 bits per heavy atom. The molecule has 1 atom stereocenters. The van der Waals surface area contributed by atoms with Crippen LogP contribution in [0.3, 0.4) is 0 Å². The first-order valence-electron chi connectivity index (χ1n) is 4.78. The molecular formula is C9H18N2O2. The number of hydrogen-bond acceptors (Lipinski definition) is 3. The lowest BCUT2D eigenvalue weighted by Gasteiger charge is -2.32. The smallest absolute Gasteiger partial charge is 0.322 e. The van der Waals surface area contributed by atoms with Crippen LogP contribution < -0.4 is 5.73 Å². The minimum Gasteiger partial charge on any atom is -0.480 e.